The molecule has 0 atom stereocenters. The average Bonchev–Trinajstić information content (AvgIpc) is 3.38. The first-order valence-corrected chi connectivity index (χ1v) is 22.5. The summed E-state index contributed by atoms with van der Waals surface area (Å²) in [6, 6.07) is 79.2. The van der Waals surface area contributed by atoms with Gasteiger partial charge in [0.2, 0.25) is 0 Å². The van der Waals surface area contributed by atoms with Gasteiger partial charge in [0.25, 0.3) is 0 Å². The van der Waals surface area contributed by atoms with Crippen LogP contribution >= 0.6 is 0 Å². The second-order valence-electron chi connectivity index (χ2n) is 17.6. The van der Waals surface area contributed by atoms with Crippen LogP contribution in [0.15, 0.2) is 224 Å². The zero-order chi connectivity index (χ0) is 44.2. The lowest BCUT2D eigenvalue weighted by atomic mass is 9.73. The van der Waals surface area contributed by atoms with Crippen molar-refractivity contribution in [3.63, 3.8) is 0 Å². The third kappa shape index (κ3) is 6.91. The monoisotopic (exact) mass is 845 g/mol. The molecule has 0 aliphatic carbocycles. The Morgan fingerprint density at radius 2 is 0.788 bits per heavy atom. The van der Waals surface area contributed by atoms with Crippen LogP contribution in [0.1, 0.15) is 25.0 Å². The van der Waals surface area contributed by atoms with Crippen LogP contribution in [0.5, 0.6) is 11.5 Å². The van der Waals surface area contributed by atoms with E-state index in [2.05, 4.69) is 226 Å². The summed E-state index contributed by atoms with van der Waals surface area (Å²) in [6.45, 7) is 4.63. The summed E-state index contributed by atoms with van der Waals surface area (Å²) in [4.78, 5) is 16.2. The normalized spacial score (nSPS) is 12.6. The molecule has 312 valence electrons. The van der Waals surface area contributed by atoms with Crippen LogP contribution in [0.4, 0.5) is 0 Å². The van der Waals surface area contributed by atoms with Gasteiger partial charge in [0, 0.05) is 33.2 Å². The molecular weight excluding hydrogens is 803 g/mol. The van der Waals surface area contributed by atoms with E-state index in [1.165, 1.54) is 27.1 Å². The molecule has 66 heavy (non-hydrogen) atoms. The van der Waals surface area contributed by atoms with Crippen molar-refractivity contribution in [3.05, 3.63) is 236 Å². The number of aromatic nitrogens is 3. The van der Waals surface area contributed by atoms with E-state index in [9.17, 15) is 0 Å². The van der Waals surface area contributed by atoms with Gasteiger partial charge in [-0.3, -0.25) is 0 Å². The molecular formula is C62H43N3O. The predicted octanol–water partition coefficient (Wildman–Crippen LogP) is 16.3. The molecule has 1 aromatic heterocycles. The SMILES string of the molecule is CC1(C)c2cc(-c3cc(-c4ccc5ccccc5c4)cc(-c4nc(-c5ccccc5-c5ccccc5)nc(-c5ccccc5-c5ccccc5)n4)c3)ccc2Oc2ccc3ccccc3c21. The third-order valence-electron chi connectivity index (χ3n) is 13.1. The van der Waals surface area contributed by atoms with Crippen LogP contribution in [0.2, 0.25) is 0 Å². The molecule has 0 saturated heterocycles. The van der Waals surface area contributed by atoms with Gasteiger partial charge in [0.15, 0.2) is 17.5 Å². The fourth-order valence-electron chi connectivity index (χ4n) is 9.82. The van der Waals surface area contributed by atoms with Crippen LogP contribution < -0.4 is 4.74 Å². The Kier molecular flexibility index (Phi) is 9.46. The number of hydrogen-bond acceptors (Lipinski definition) is 4. The summed E-state index contributed by atoms with van der Waals surface area (Å²) in [5, 5.41) is 4.79. The van der Waals surface area contributed by atoms with Gasteiger partial charge in [0.1, 0.15) is 11.5 Å². The first kappa shape index (κ1) is 39.1. The highest BCUT2D eigenvalue weighted by Crippen LogP contribution is 2.51. The number of benzene rings is 10. The van der Waals surface area contributed by atoms with Gasteiger partial charge in [-0.15, -0.1) is 0 Å². The Morgan fingerprint density at radius 1 is 0.318 bits per heavy atom. The lowest BCUT2D eigenvalue weighted by Gasteiger charge is -2.36. The quantitative estimate of drug-likeness (QED) is 0.160. The molecule has 12 rings (SSSR count). The van der Waals surface area contributed by atoms with Crippen LogP contribution in [0.3, 0.4) is 0 Å². The average molecular weight is 846 g/mol. The van der Waals surface area contributed by atoms with Crippen molar-refractivity contribution >= 4 is 21.5 Å². The standard InChI is InChI=1S/C62H43N3O/c1-62(2)55-39-46(32-33-56(55)66-57-34-31-43-22-11-12-26-52(43)58(57)62)48-36-47(45-30-29-40-17-9-10-23-44(40)35-45)37-49(38-48)59-63-60(53-27-15-13-24-50(53)41-18-5-3-6-19-41)65-61(64-59)54-28-16-14-25-51(54)42-20-7-4-8-21-42/h3-39H,1-2H3. The highest BCUT2D eigenvalue weighted by Gasteiger charge is 2.36. The number of ether oxygens (including phenoxy) is 1. The number of rotatable bonds is 7. The van der Waals surface area contributed by atoms with E-state index in [4.69, 9.17) is 19.7 Å². The molecule has 0 saturated carbocycles. The van der Waals surface area contributed by atoms with Crippen molar-refractivity contribution in [2.24, 2.45) is 0 Å². The molecule has 0 fully saturated rings. The van der Waals surface area contributed by atoms with Crippen molar-refractivity contribution in [2.75, 3.05) is 0 Å². The highest BCUT2D eigenvalue weighted by molar-refractivity contribution is 5.92. The molecule has 11 aromatic rings. The molecule has 0 bridgehead atoms. The van der Waals surface area contributed by atoms with E-state index in [-0.39, 0.29) is 5.41 Å². The summed E-state index contributed by atoms with van der Waals surface area (Å²) in [7, 11) is 0. The number of hydrogen-bond donors (Lipinski definition) is 0. The van der Waals surface area contributed by atoms with Gasteiger partial charge in [-0.2, -0.15) is 0 Å². The van der Waals surface area contributed by atoms with Gasteiger partial charge in [0.05, 0.1) is 0 Å². The molecule has 0 amide bonds. The Labute approximate surface area is 384 Å². The van der Waals surface area contributed by atoms with Gasteiger partial charge in [-0.25, -0.2) is 15.0 Å². The van der Waals surface area contributed by atoms with Crippen LogP contribution in [-0.2, 0) is 5.41 Å². The van der Waals surface area contributed by atoms with Crippen molar-refractivity contribution in [1.29, 1.82) is 0 Å². The molecule has 0 unspecified atom stereocenters. The first-order chi connectivity index (χ1) is 32.4. The lowest BCUT2D eigenvalue weighted by Crippen LogP contribution is -2.24. The Bertz CT molecular complexity index is 3550. The van der Waals surface area contributed by atoms with Crippen LogP contribution in [-0.4, -0.2) is 15.0 Å². The molecule has 1 aliphatic rings. The van der Waals surface area contributed by atoms with E-state index in [0.717, 1.165) is 78.3 Å². The molecule has 4 nitrogen and oxygen atoms in total. The van der Waals surface area contributed by atoms with Gasteiger partial charge in [-0.05, 0) is 109 Å². The number of fused-ring (bicyclic) bond motifs is 5. The summed E-state index contributed by atoms with van der Waals surface area (Å²) in [5.41, 5.74) is 13.4. The van der Waals surface area contributed by atoms with Crippen molar-refractivity contribution in [2.45, 2.75) is 19.3 Å². The predicted molar refractivity (Wildman–Crippen MR) is 272 cm³/mol. The summed E-state index contributed by atoms with van der Waals surface area (Å²) in [6.07, 6.45) is 0. The van der Waals surface area contributed by atoms with Crippen molar-refractivity contribution in [3.8, 4) is 90.2 Å². The highest BCUT2D eigenvalue weighted by atomic mass is 16.5. The summed E-state index contributed by atoms with van der Waals surface area (Å²) in [5.74, 6) is 3.58. The largest absolute Gasteiger partial charge is 0.457 e. The minimum atomic E-state index is -0.338. The van der Waals surface area contributed by atoms with E-state index >= 15 is 0 Å². The van der Waals surface area contributed by atoms with Crippen molar-refractivity contribution < 1.29 is 4.74 Å². The Balaban J connectivity index is 1.09. The smallest absolute Gasteiger partial charge is 0.164 e. The number of nitrogens with zero attached hydrogens (tertiary/aromatic N) is 3. The molecule has 2 heterocycles. The second-order valence-corrected chi connectivity index (χ2v) is 17.6. The third-order valence-corrected chi connectivity index (χ3v) is 13.1. The fraction of sp³-hybridized carbons (Fsp3) is 0.0484. The first-order valence-electron chi connectivity index (χ1n) is 22.5. The topological polar surface area (TPSA) is 47.9 Å². The minimum Gasteiger partial charge on any atom is -0.457 e. The molecule has 0 N–H and O–H groups in total. The van der Waals surface area contributed by atoms with Gasteiger partial charge >= 0.3 is 0 Å². The van der Waals surface area contributed by atoms with Gasteiger partial charge < -0.3 is 4.74 Å². The van der Waals surface area contributed by atoms with Crippen molar-refractivity contribution in [1.82, 2.24) is 15.0 Å². The van der Waals surface area contributed by atoms with E-state index in [1.54, 1.807) is 0 Å². The molecule has 10 aromatic carbocycles. The minimum absolute atomic E-state index is 0.338. The second kappa shape index (κ2) is 16.0. The maximum absolute atomic E-state index is 6.71. The van der Waals surface area contributed by atoms with E-state index < -0.39 is 0 Å². The molecule has 1 aliphatic heterocycles. The summed E-state index contributed by atoms with van der Waals surface area (Å²) < 4.78 is 6.71. The zero-order valence-corrected chi connectivity index (χ0v) is 36.6. The van der Waals surface area contributed by atoms with E-state index in [0.29, 0.717) is 17.5 Å². The Morgan fingerprint density at radius 3 is 1.44 bits per heavy atom. The van der Waals surface area contributed by atoms with Crippen LogP contribution in [0, 0.1) is 0 Å². The molecule has 0 radical (unpaired) electrons. The fourth-order valence-corrected chi connectivity index (χ4v) is 9.82. The maximum atomic E-state index is 6.71. The maximum Gasteiger partial charge on any atom is 0.164 e. The molecule has 0 spiro atoms. The molecule has 4 heteroatoms. The lowest BCUT2D eigenvalue weighted by molar-refractivity contribution is 0.421. The van der Waals surface area contributed by atoms with E-state index in [1.807, 2.05) is 12.1 Å². The summed E-state index contributed by atoms with van der Waals surface area (Å²) >= 11 is 0. The Hall–Kier alpha value is -8.47. The van der Waals surface area contributed by atoms with Gasteiger partial charge in [-0.1, -0.05) is 196 Å². The zero-order valence-electron chi connectivity index (χ0n) is 36.6. The van der Waals surface area contributed by atoms with Crippen LogP contribution in [0.25, 0.3) is 100 Å².